The predicted octanol–water partition coefficient (Wildman–Crippen LogP) is 1.86. The quantitative estimate of drug-likeness (QED) is 0.713. The Morgan fingerprint density at radius 2 is 1.94 bits per heavy atom. The Bertz CT molecular complexity index is 400. The minimum Gasteiger partial charge on any atom is -0.388 e. The van der Waals surface area contributed by atoms with Crippen LogP contribution in [0.3, 0.4) is 0 Å². The lowest BCUT2D eigenvalue weighted by Crippen LogP contribution is -2.36. The molecule has 0 unspecified atom stereocenters. The summed E-state index contributed by atoms with van der Waals surface area (Å²) in [6.45, 7) is 2.42. The largest absolute Gasteiger partial charge is 0.388 e. The molecule has 1 saturated carbocycles. The molecule has 0 aliphatic heterocycles. The maximum atomic E-state index is 10.5. The maximum Gasteiger partial charge on any atom is 0.134 e. The summed E-state index contributed by atoms with van der Waals surface area (Å²) >= 11 is 0. The molecule has 1 aliphatic carbocycles. The van der Waals surface area contributed by atoms with Crippen molar-refractivity contribution in [3.63, 3.8) is 0 Å². The smallest absolute Gasteiger partial charge is 0.134 e. The fourth-order valence-corrected chi connectivity index (χ4v) is 2.45. The van der Waals surface area contributed by atoms with Gasteiger partial charge >= 0.3 is 0 Å². The number of nitrogen functional groups attached to an aromatic ring is 1. The van der Waals surface area contributed by atoms with Gasteiger partial charge in [-0.1, -0.05) is 25.7 Å². The van der Waals surface area contributed by atoms with Crippen LogP contribution in [0.4, 0.5) is 11.6 Å². The van der Waals surface area contributed by atoms with E-state index in [1.54, 1.807) is 0 Å². The van der Waals surface area contributed by atoms with Gasteiger partial charge < -0.3 is 16.2 Å². The Balaban J connectivity index is 1.99. The van der Waals surface area contributed by atoms with Crippen molar-refractivity contribution in [2.45, 2.75) is 51.0 Å². The summed E-state index contributed by atoms with van der Waals surface area (Å²) in [6.07, 6.45) is 7.82. The van der Waals surface area contributed by atoms with E-state index in [0.717, 1.165) is 37.1 Å². The van der Waals surface area contributed by atoms with E-state index >= 15 is 0 Å². The van der Waals surface area contributed by atoms with Gasteiger partial charge in [0.1, 0.15) is 18.0 Å². The molecule has 5 heteroatoms. The fourth-order valence-electron chi connectivity index (χ4n) is 2.45. The number of nitrogens with two attached hydrogens (primary N) is 1. The molecule has 0 aromatic carbocycles. The molecule has 1 heterocycles. The molecule has 1 aromatic heterocycles. The number of nitrogens with zero attached hydrogens (tertiary/aromatic N) is 2. The summed E-state index contributed by atoms with van der Waals surface area (Å²) < 4.78 is 0. The van der Waals surface area contributed by atoms with Crippen LogP contribution in [0.1, 0.15) is 44.1 Å². The van der Waals surface area contributed by atoms with Crippen LogP contribution < -0.4 is 11.1 Å². The highest BCUT2D eigenvalue weighted by atomic mass is 16.3. The molecular weight excluding hydrogens is 228 g/mol. The van der Waals surface area contributed by atoms with Gasteiger partial charge in [-0.15, -0.1) is 0 Å². The highest BCUT2D eigenvalue weighted by Gasteiger charge is 2.27. The van der Waals surface area contributed by atoms with Gasteiger partial charge in [-0.25, -0.2) is 9.97 Å². The zero-order valence-corrected chi connectivity index (χ0v) is 10.9. The summed E-state index contributed by atoms with van der Waals surface area (Å²) in [4.78, 5) is 8.10. The third-order valence-corrected chi connectivity index (χ3v) is 3.74. The number of hydrogen-bond donors (Lipinski definition) is 3. The van der Waals surface area contributed by atoms with Gasteiger partial charge in [-0.2, -0.15) is 0 Å². The van der Waals surface area contributed by atoms with Crippen LogP contribution in [0.25, 0.3) is 0 Å². The average molecular weight is 250 g/mol. The molecule has 0 amide bonds. The van der Waals surface area contributed by atoms with E-state index in [2.05, 4.69) is 15.3 Å². The first-order valence-corrected chi connectivity index (χ1v) is 6.64. The number of hydrogen-bond acceptors (Lipinski definition) is 5. The number of aliphatic hydroxyl groups is 1. The van der Waals surface area contributed by atoms with E-state index in [4.69, 9.17) is 5.73 Å². The van der Waals surface area contributed by atoms with Gasteiger partial charge in [0.2, 0.25) is 0 Å². The molecule has 0 atom stereocenters. The molecule has 0 saturated heterocycles. The molecule has 5 nitrogen and oxygen atoms in total. The first kappa shape index (κ1) is 13.1. The molecule has 2 rings (SSSR count). The van der Waals surface area contributed by atoms with Crippen molar-refractivity contribution >= 4 is 11.6 Å². The van der Waals surface area contributed by atoms with E-state index in [1.165, 1.54) is 19.2 Å². The Morgan fingerprint density at radius 1 is 1.28 bits per heavy atom. The van der Waals surface area contributed by atoms with Crippen LogP contribution in [0.5, 0.6) is 0 Å². The fraction of sp³-hybridized carbons (Fsp3) is 0.692. The molecule has 0 radical (unpaired) electrons. The highest BCUT2D eigenvalue weighted by Crippen LogP contribution is 2.27. The Morgan fingerprint density at radius 3 is 2.61 bits per heavy atom. The van der Waals surface area contributed by atoms with Gasteiger partial charge in [0.25, 0.3) is 0 Å². The number of rotatable bonds is 3. The van der Waals surface area contributed by atoms with Crippen molar-refractivity contribution in [2.75, 3.05) is 17.6 Å². The third-order valence-electron chi connectivity index (χ3n) is 3.74. The van der Waals surface area contributed by atoms with Gasteiger partial charge in [0.15, 0.2) is 0 Å². The summed E-state index contributed by atoms with van der Waals surface area (Å²) in [5, 5.41) is 13.7. The minimum absolute atomic E-state index is 0.486. The second kappa shape index (κ2) is 5.52. The predicted molar refractivity (Wildman–Crippen MR) is 72.3 cm³/mol. The van der Waals surface area contributed by atoms with Crippen molar-refractivity contribution in [1.29, 1.82) is 0 Å². The normalized spacial score (nSPS) is 19.2. The van der Waals surface area contributed by atoms with Crippen LogP contribution in [-0.2, 0) is 0 Å². The van der Waals surface area contributed by atoms with Gasteiger partial charge in [0.05, 0.1) is 5.60 Å². The van der Waals surface area contributed by atoms with Crippen LogP contribution in [0.2, 0.25) is 0 Å². The lowest BCUT2D eigenvalue weighted by molar-refractivity contribution is 0.0380. The topological polar surface area (TPSA) is 84.1 Å². The molecule has 1 fully saturated rings. The first-order chi connectivity index (χ1) is 8.61. The van der Waals surface area contributed by atoms with Crippen LogP contribution in [0, 0.1) is 6.92 Å². The van der Waals surface area contributed by atoms with E-state index < -0.39 is 5.60 Å². The number of anilines is 2. The lowest BCUT2D eigenvalue weighted by atomic mass is 9.94. The van der Waals surface area contributed by atoms with Crippen molar-refractivity contribution in [1.82, 2.24) is 9.97 Å². The van der Waals surface area contributed by atoms with Gasteiger partial charge in [0, 0.05) is 12.1 Å². The third kappa shape index (κ3) is 3.10. The highest BCUT2D eigenvalue weighted by molar-refractivity contribution is 5.53. The van der Waals surface area contributed by atoms with E-state index in [9.17, 15) is 5.11 Å². The second-order valence-corrected chi connectivity index (χ2v) is 5.22. The summed E-state index contributed by atoms with van der Waals surface area (Å²) in [5.74, 6) is 1.21. The summed E-state index contributed by atoms with van der Waals surface area (Å²) in [7, 11) is 0. The standard InChI is InChI=1S/C13H22N4O/c1-10-11(14)16-9-17-12(10)15-8-13(18)6-4-2-3-5-7-13/h9,18H,2-8H2,1H3,(H3,14,15,16,17). The lowest BCUT2D eigenvalue weighted by Gasteiger charge is -2.27. The molecular formula is C13H22N4O. The average Bonchev–Trinajstić information content (AvgIpc) is 2.57. The number of aromatic nitrogens is 2. The first-order valence-electron chi connectivity index (χ1n) is 6.64. The van der Waals surface area contributed by atoms with Crippen molar-refractivity contribution in [3.05, 3.63) is 11.9 Å². The minimum atomic E-state index is -0.608. The van der Waals surface area contributed by atoms with Crippen LogP contribution >= 0.6 is 0 Å². The Hall–Kier alpha value is -1.36. The second-order valence-electron chi connectivity index (χ2n) is 5.22. The Labute approximate surface area is 108 Å². The van der Waals surface area contributed by atoms with Gasteiger partial charge in [-0.3, -0.25) is 0 Å². The maximum absolute atomic E-state index is 10.5. The molecule has 1 aliphatic rings. The number of nitrogens with one attached hydrogen (secondary N) is 1. The van der Waals surface area contributed by atoms with Crippen molar-refractivity contribution in [2.24, 2.45) is 0 Å². The SMILES string of the molecule is Cc1c(N)ncnc1NCC1(O)CCCCCC1. The molecule has 18 heavy (non-hydrogen) atoms. The van der Waals surface area contributed by atoms with E-state index in [-0.39, 0.29) is 0 Å². The van der Waals surface area contributed by atoms with Crippen molar-refractivity contribution in [3.8, 4) is 0 Å². The molecule has 100 valence electrons. The Kier molecular flexibility index (Phi) is 4.01. The molecule has 0 bridgehead atoms. The molecule has 0 spiro atoms. The van der Waals surface area contributed by atoms with Crippen LogP contribution in [0.15, 0.2) is 6.33 Å². The summed E-state index contributed by atoms with van der Waals surface area (Å²) in [5.41, 5.74) is 5.97. The van der Waals surface area contributed by atoms with E-state index in [1.807, 2.05) is 6.92 Å². The van der Waals surface area contributed by atoms with Crippen molar-refractivity contribution < 1.29 is 5.11 Å². The molecule has 4 N–H and O–H groups in total. The zero-order valence-electron chi connectivity index (χ0n) is 10.9. The summed E-state index contributed by atoms with van der Waals surface area (Å²) in [6, 6.07) is 0. The van der Waals surface area contributed by atoms with E-state index in [0.29, 0.717) is 12.4 Å². The monoisotopic (exact) mass is 250 g/mol. The molecule has 1 aromatic rings. The van der Waals surface area contributed by atoms with Gasteiger partial charge in [-0.05, 0) is 19.8 Å². The zero-order chi connectivity index (χ0) is 13.0. The van der Waals surface area contributed by atoms with Crippen LogP contribution in [-0.4, -0.2) is 27.2 Å².